The molecule has 0 radical (unpaired) electrons. The fourth-order valence-corrected chi connectivity index (χ4v) is 6.25. The van der Waals surface area contributed by atoms with Crippen molar-refractivity contribution in [3.63, 3.8) is 0 Å². The number of hydrogen-bond donors (Lipinski definition) is 4. The second-order valence-electron chi connectivity index (χ2n) is 10.9. The summed E-state index contributed by atoms with van der Waals surface area (Å²) in [5.74, 6) is -1.07. The Bertz CT molecular complexity index is 1700. The number of thioether (sulfide) groups is 1. The third-order valence-corrected chi connectivity index (χ3v) is 8.81. The van der Waals surface area contributed by atoms with Gasteiger partial charge in [-0.05, 0) is 46.9 Å². The van der Waals surface area contributed by atoms with Crippen molar-refractivity contribution in [1.82, 2.24) is 15.6 Å². The topological polar surface area (TPSA) is 156 Å². The highest BCUT2D eigenvalue weighted by atomic mass is 32.2. The Hall–Kier alpha value is -4.75. The first-order valence-corrected chi connectivity index (χ1v) is 16.5. The highest BCUT2D eigenvalue weighted by Gasteiger charge is 2.32. The molecule has 1 aliphatic heterocycles. The van der Waals surface area contributed by atoms with Gasteiger partial charge in [0.15, 0.2) is 6.29 Å². The number of aliphatic hydroxyl groups is 1. The molecule has 250 valence electrons. The first-order valence-electron chi connectivity index (χ1n) is 15.5. The third kappa shape index (κ3) is 9.20. The monoisotopic (exact) mass is 671 g/mol. The molecular formula is C36H37N3O8S. The predicted octanol–water partition coefficient (Wildman–Crippen LogP) is 5.64. The summed E-state index contributed by atoms with van der Waals surface area (Å²) >= 11 is 1.33. The Kier molecular flexibility index (Phi) is 12.2. The number of carbonyl (C=O) groups is 3. The summed E-state index contributed by atoms with van der Waals surface area (Å²) in [5.41, 5.74) is 5.45. The quantitative estimate of drug-likeness (QED) is 0.104. The summed E-state index contributed by atoms with van der Waals surface area (Å²) in [5, 5.41) is 24.8. The number of aromatic carboxylic acids is 1. The maximum atomic E-state index is 12.3. The lowest BCUT2D eigenvalue weighted by molar-refractivity contribution is -0.245. The maximum Gasteiger partial charge on any atom is 0.338 e. The number of aromatic nitrogens is 1. The zero-order valence-electron chi connectivity index (χ0n) is 26.3. The van der Waals surface area contributed by atoms with Gasteiger partial charge in [-0.1, -0.05) is 72.8 Å². The number of carboxylic acids is 1. The van der Waals surface area contributed by atoms with Gasteiger partial charge in [0.25, 0.3) is 0 Å². The van der Waals surface area contributed by atoms with Gasteiger partial charge in [0.2, 0.25) is 0 Å². The molecule has 2 heterocycles. The minimum atomic E-state index is -1.03. The molecule has 4 aromatic rings. The molecule has 48 heavy (non-hydrogen) atoms. The number of carboxylic acid groups (broad SMARTS) is 1. The SMILES string of the molecule is CCOC(=O)CNC(=O)NCc1ccccc1-c1ccc(C2OC(CSc3ncccc3C(=O)O)CC(c3ccc(CO)cc3)O2)cc1. The molecule has 12 heteroatoms. The second-order valence-corrected chi connectivity index (χ2v) is 12.0. The number of ether oxygens (including phenoxy) is 3. The molecule has 0 spiro atoms. The van der Waals surface area contributed by atoms with Crippen molar-refractivity contribution in [1.29, 1.82) is 0 Å². The number of hydrogen-bond acceptors (Lipinski definition) is 9. The van der Waals surface area contributed by atoms with Gasteiger partial charge >= 0.3 is 18.0 Å². The van der Waals surface area contributed by atoms with E-state index in [1.165, 1.54) is 17.8 Å². The number of amides is 2. The molecule has 3 atom stereocenters. The Morgan fingerprint density at radius 2 is 1.69 bits per heavy atom. The van der Waals surface area contributed by atoms with Crippen molar-refractivity contribution >= 4 is 29.7 Å². The fourth-order valence-electron chi connectivity index (χ4n) is 5.24. The van der Waals surface area contributed by atoms with Crippen LogP contribution in [-0.4, -0.2) is 58.2 Å². The van der Waals surface area contributed by atoms with Crippen LogP contribution in [-0.2, 0) is 32.2 Å². The van der Waals surface area contributed by atoms with Crippen molar-refractivity contribution in [3.8, 4) is 11.1 Å². The second kappa shape index (κ2) is 16.9. The number of aliphatic hydroxyl groups excluding tert-OH is 1. The van der Waals surface area contributed by atoms with Crippen LogP contribution in [0.3, 0.4) is 0 Å². The number of carbonyl (C=O) groups excluding carboxylic acids is 2. The number of rotatable bonds is 13. The van der Waals surface area contributed by atoms with Crippen molar-refractivity contribution < 1.29 is 38.8 Å². The summed E-state index contributed by atoms with van der Waals surface area (Å²) in [7, 11) is 0. The molecule has 3 unspecified atom stereocenters. The highest BCUT2D eigenvalue weighted by Crippen LogP contribution is 2.40. The Morgan fingerprint density at radius 1 is 0.938 bits per heavy atom. The first kappa shape index (κ1) is 34.6. The molecule has 1 saturated heterocycles. The number of pyridine rings is 1. The van der Waals surface area contributed by atoms with Crippen molar-refractivity contribution in [2.75, 3.05) is 18.9 Å². The summed E-state index contributed by atoms with van der Waals surface area (Å²) in [6, 6.07) is 25.8. The van der Waals surface area contributed by atoms with E-state index in [2.05, 4.69) is 15.6 Å². The summed E-state index contributed by atoms with van der Waals surface area (Å²) in [6.45, 7) is 1.93. The van der Waals surface area contributed by atoms with Gasteiger partial charge in [0, 0.05) is 30.5 Å². The number of benzene rings is 3. The predicted molar refractivity (Wildman–Crippen MR) is 179 cm³/mol. The minimum absolute atomic E-state index is 0.0546. The van der Waals surface area contributed by atoms with E-state index in [4.69, 9.17) is 14.2 Å². The average Bonchev–Trinajstić information content (AvgIpc) is 3.12. The van der Waals surface area contributed by atoms with Gasteiger partial charge in [0.1, 0.15) is 11.6 Å². The lowest BCUT2D eigenvalue weighted by atomic mass is 9.98. The standard InChI is InChI=1S/C36H37N3O8S/c1-2-45-32(41)20-39-36(44)38-19-27-6-3-4-7-29(27)24-13-15-26(16-14-24)35-46-28(22-48-33-30(34(42)43)8-5-17-37-33)18-31(47-35)25-11-9-23(21-40)10-12-25/h3-17,28,31,35,40H,2,18-22H2,1H3,(H,42,43)(H2,38,39,44). The van der Waals surface area contributed by atoms with Crippen LogP contribution in [0.15, 0.2) is 96.2 Å². The van der Waals surface area contributed by atoms with E-state index < -0.39 is 24.3 Å². The van der Waals surface area contributed by atoms with Gasteiger partial charge in [-0.15, -0.1) is 11.8 Å². The number of esters is 1. The zero-order valence-corrected chi connectivity index (χ0v) is 27.2. The van der Waals surface area contributed by atoms with Crippen LogP contribution in [0.2, 0.25) is 0 Å². The van der Waals surface area contributed by atoms with Gasteiger partial charge < -0.3 is 35.1 Å². The molecule has 1 fully saturated rings. The van der Waals surface area contributed by atoms with Crippen LogP contribution in [0.4, 0.5) is 4.79 Å². The Labute approximate surface area is 282 Å². The molecule has 1 aliphatic rings. The zero-order chi connectivity index (χ0) is 33.9. The van der Waals surface area contributed by atoms with E-state index in [1.807, 2.05) is 72.8 Å². The van der Waals surface area contributed by atoms with Crippen LogP contribution >= 0.6 is 11.8 Å². The minimum Gasteiger partial charge on any atom is -0.478 e. The van der Waals surface area contributed by atoms with Gasteiger partial charge in [0.05, 0.1) is 31.0 Å². The van der Waals surface area contributed by atoms with Crippen molar-refractivity contribution in [2.45, 2.75) is 50.0 Å². The highest BCUT2D eigenvalue weighted by molar-refractivity contribution is 7.99. The molecule has 5 rings (SSSR count). The summed E-state index contributed by atoms with van der Waals surface area (Å²) < 4.78 is 17.7. The molecule has 11 nitrogen and oxygen atoms in total. The molecule has 0 aliphatic carbocycles. The van der Waals surface area contributed by atoms with E-state index in [0.717, 1.165) is 33.4 Å². The van der Waals surface area contributed by atoms with Crippen LogP contribution < -0.4 is 10.6 Å². The molecule has 0 saturated carbocycles. The first-order chi connectivity index (χ1) is 23.3. The van der Waals surface area contributed by atoms with E-state index in [-0.39, 0.29) is 44.1 Å². The van der Waals surface area contributed by atoms with E-state index in [9.17, 15) is 24.6 Å². The third-order valence-electron chi connectivity index (χ3n) is 7.67. The Morgan fingerprint density at radius 3 is 2.42 bits per heavy atom. The van der Waals surface area contributed by atoms with Crippen LogP contribution in [0.1, 0.15) is 58.4 Å². The average molecular weight is 672 g/mol. The lowest BCUT2D eigenvalue weighted by Crippen LogP contribution is -2.38. The number of urea groups is 1. The molecule has 0 bridgehead atoms. The van der Waals surface area contributed by atoms with Crippen LogP contribution in [0.5, 0.6) is 0 Å². The van der Waals surface area contributed by atoms with Crippen molar-refractivity contribution in [3.05, 3.63) is 119 Å². The van der Waals surface area contributed by atoms with Crippen LogP contribution in [0.25, 0.3) is 11.1 Å². The van der Waals surface area contributed by atoms with Gasteiger partial charge in [-0.25, -0.2) is 14.6 Å². The summed E-state index contributed by atoms with van der Waals surface area (Å²) in [6.07, 6.45) is 0.851. The normalized spacial score (nSPS) is 17.3. The molecule has 4 N–H and O–H groups in total. The molecule has 3 aromatic carbocycles. The summed E-state index contributed by atoms with van der Waals surface area (Å²) in [4.78, 5) is 39.8. The van der Waals surface area contributed by atoms with Gasteiger partial charge in [-0.2, -0.15) is 0 Å². The Balaban J connectivity index is 1.30. The number of nitrogens with one attached hydrogen (secondary N) is 2. The van der Waals surface area contributed by atoms with Crippen molar-refractivity contribution in [2.24, 2.45) is 0 Å². The van der Waals surface area contributed by atoms with E-state index >= 15 is 0 Å². The molecular weight excluding hydrogens is 634 g/mol. The van der Waals surface area contributed by atoms with E-state index in [1.54, 1.807) is 19.2 Å². The smallest absolute Gasteiger partial charge is 0.338 e. The molecule has 1 aromatic heterocycles. The molecule has 2 amide bonds. The maximum absolute atomic E-state index is 12.3. The largest absolute Gasteiger partial charge is 0.478 e. The fraction of sp³-hybridized carbons (Fsp3) is 0.278. The van der Waals surface area contributed by atoms with Crippen LogP contribution in [0, 0.1) is 0 Å². The lowest BCUT2D eigenvalue weighted by Gasteiger charge is -2.36. The van der Waals surface area contributed by atoms with Gasteiger partial charge in [-0.3, -0.25) is 4.79 Å². The number of nitrogens with zero attached hydrogens (tertiary/aromatic N) is 1. The van der Waals surface area contributed by atoms with E-state index in [0.29, 0.717) is 17.2 Å².